The maximum atomic E-state index is 4.74. The molecule has 0 saturated carbocycles. The summed E-state index contributed by atoms with van der Waals surface area (Å²) in [5.41, 5.74) is 3.74. The van der Waals surface area contributed by atoms with E-state index in [1.54, 1.807) is 0 Å². The number of aryl methyl sites for hydroxylation is 2. The highest BCUT2D eigenvalue weighted by Gasteiger charge is 2.18. The minimum Gasteiger partial charge on any atom is -0.341 e. The van der Waals surface area contributed by atoms with Crippen LogP contribution in [0.2, 0.25) is 0 Å². The minimum absolute atomic E-state index is 0.812. The quantitative estimate of drug-likeness (QED) is 0.912. The van der Waals surface area contributed by atoms with Gasteiger partial charge in [0.05, 0.1) is 0 Å². The number of benzene rings is 1. The molecule has 0 amide bonds. The molecule has 1 fully saturated rings. The van der Waals surface area contributed by atoms with Gasteiger partial charge in [0.2, 0.25) is 5.95 Å². The second-order valence-corrected chi connectivity index (χ2v) is 6.50. The molecule has 1 aliphatic heterocycles. The third kappa shape index (κ3) is 3.63. The van der Waals surface area contributed by atoms with Crippen molar-refractivity contribution in [3.63, 3.8) is 0 Å². The Labute approximate surface area is 139 Å². The van der Waals surface area contributed by atoms with Gasteiger partial charge in [-0.3, -0.25) is 0 Å². The van der Waals surface area contributed by atoms with Crippen molar-refractivity contribution < 1.29 is 0 Å². The summed E-state index contributed by atoms with van der Waals surface area (Å²) in [5, 5.41) is 3.50. The summed E-state index contributed by atoms with van der Waals surface area (Å²) in [6.07, 6.45) is 5.30. The van der Waals surface area contributed by atoms with Gasteiger partial charge in [-0.15, -0.1) is 0 Å². The van der Waals surface area contributed by atoms with Crippen molar-refractivity contribution in [2.75, 3.05) is 23.3 Å². The molecule has 0 unspecified atom stereocenters. The van der Waals surface area contributed by atoms with E-state index >= 15 is 0 Å². The van der Waals surface area contributed by atoms with Gasteiger partial charge in [0, 0.05) is 25.0 Å². The number of anilines is 3. The Morgan fingerprint density at radius 3 is 2.74 bits per heavy atom. The van der Waals surface area contributed by atoms with Crippen LogP contribution in [0.15, 0.2) is 30.5 Å². The van der Waals surface area contributed by atoms with Gasteiger partial charge >= 0.3 is 0 Å². The summed E-state index contributed by atoms with van der Waals surface area (Å²) in [5.74, 6) is 2.53. The molecular formula is C19H26N4. The lowest BCUT2D eigenvalue weighted by atomic mass is 10.00. The lowest BCUT2D eigenvalue weighted by molar-refractivity contribution is 0.434. The van der Waals surface area contributed by atoms with Crippen LogP contribution >= 0.6 is 0 Å². The van der Waals surface area contributed by atoms with E-state index in [9.17, 15) is 0 Å². The van der Waals surface area contributed by atoms with Crippen molar-refractivity contribution in [2.24, 2.45) is 5.92 Å². The Bertz CT molecular complexity index is 660. The Hall–Kier alpha value is -2.10. The molecule has 1 aromatic heterocycles. The van der Waals surface area contributed by atoms with Crippen LogP contribution in [0.4, 0.5) is 17.5 Å². The highest BCUT2D eigenvalue weighted by atomic mass is 15.3. The van der Waals surface area contributed by atoms with Crippen molar-refractivity contribution in [3.05, 3.63) is 41.6 Å². The maximum Gasteiger partial charge on any atom is 0.227 e. The lowest BCUT2D eigenvalue weighted by Crippen LogP contribution is -2.34. The third-order valence-corrected chi connectivity index (χ3v) is 4.70. The second kappa shape index (κ2) is 6.99. The van der Waals surface area contributed by atoms with Gasteiger partial charge in [-0.1, -0.05) is 32.0 Å². The Balaban J connectivity index is 1.81. The Kier molecular flexibility index (Phi) is 4.79. The van der Waals surface area contributed by atoms with Crippen LogP contribution in [0.1, 0.15) is 37.8 Å². The third-order valence-electron chi connectivity index (χ3n) is 4.70. The topological polar surface area (TPSA) is 41.1 Å². The van der Waals surface area contributed by atoms with Gasteiger partial charge in [0.15, 0.2) is 0 Å². The molecule has 1 N–H and O–H groups in total. The standard InChI is InChI=1S/C19H26N4/c1-4-16-7-5-6-15(3)18(16)21-17-8-11-20-19(22-17)23-12-9-14(2)10-13-23/h5-8,11,14H,4,9-10,12-13H2,1-3H3,(H,20,21,22). The van der Waals surface area contributed by atoms with Crippen molar-refractivity contribution in [3.8, 4) is 0 Å². The predicted molar refractivity (Wildman–Crippen MR) is 96.5 cm³/mol. The van der Waals surface area contributed by atoms with Gasteiger partial charge in [-0.25, -0.2) is 4.98 Å². The molecule has 3 rings (SSSR count). The summed E-state index contributed by atoms with van der Waals surface area (Å²) in [4.78, 5) is 11.5. The van der Waals surface area contributed by atoms with Crippen LogP contribution in [0.25, 0.3) is 0 Å². The van der Waals surface area contributed by atoms with Gasteiger partial charge in [-0.2, -0.15) is 4.98 Å². The van der Waals surface area contributed by atoms with E-state index < -0.39 is 0 Å². The molecule has 122 valence electrons. The number of rotatable bonds is 4. The monoisotopic (exact) mass is 310 g/mol. The number of hydrogen-bond acceptors (Lipinski definition) is 4. The van der Waals surface area contributed by atoms with Crippen LogP contribution in [-0.2, 0) is 6.42 Å². The summed E-state index contributed by atoms with van der Waals surface area (Å²) < 4.78 is 0. The van der Waals surface area contributed by atoms with E-state index in [0.29, 0.717) is 0 Å². The zero-order valence-corrected chi connectivity index (χ0v) is 14.3. The summed E-state index contributed by atoms with van der Waals surface area (Å²) in [6, 6.07) is 8.36. The molecule has 0 aliphatic carbocycles. The SMILES string of the molecule is CCc1cccc(C)c1Nc1ccnc(N2CCC(C)CC2)n1. The van der Waals surface area contributed by atoms with Crippen molar-refractivity contribution in [2.45, 2.75) is 40.0 Å². The summed E-state index contributed by atoms with van der Waals surface area (Å²) in [7, 11) is 0. The van der Waals surface area contributed by atoms with Gasteiger partial charge < -0.3 is 10.2 Å². The largest absolute Gasteiger partial charge is 0.341 e. The van der Waals surface area contributed by atoms with Crippen LogP contribution in [0.5, 0.6) is 0 Å². The molecule has 0 bridgehead atoms. The lowest BCUT2D eigenvalue weighted by Gasteiger charge is -2.30. The Morgan fingerprint density at radius 1 is 1.22 bits per heavy atom. The molecule has 0 atom stereocenters. The van der Waals surface area contributed by atoms with Crippen molar-refractivity contribution in [1.29, 1.82) is 0 Å². The molecule has 1 aliphatic rings. The molecule has 1 aromatic carbocycles. The predicted octanol–water partition coefficient (Wildman–Crippen LogP) is 4.33. The first-order valence-electron chi connectivity index (χ1n) is 8.61. The van der Waals surface area contributed by atoms with Gasteiger partial charge in [0.1, 0.15) is 5.82 Å². The number of nitrogens with one attached hydrogen (secondary N) is 1. The number of para-hydroxylation sites is 1. The highest BCUT2D eigenvalue weighted by Crippen LogP contribution is 2.26. The van der Waals surface area contributed by atoms with Crippen LogP contribution in [0, 0.1) is 12.8 Å². The molecular weight excluding hydrogens is 284 g/mol. The number of piperidine rings is 1. The molecule has 2 heterocycles. The maximum absolute atomic E-state index is 4.74. The molecule has 0 spiro atoms. The number of aromatic nitrogens is 2. The molecule has 4 heteroatoms. The first-order valence-corrected chi connectivity index (χ1v) is 8.61. The minimum atomic E-state index is 0.812. The van der Waals surface area contributed by atoms with E-state index in [4.69, 9.17) is 4.98 Å². The summed E-state index contributed by atoms with van der Waals surface area (Å²) >= 11 is 0. The van der Waals surface area contributed by atoms with E-state index in [0.717, 1.165) is 37.2 Å². The summed E-state index contributed by atoms with van der Waals surface area (Å²) in [6.45, 7) is 8.74. The molecule has 23 heavy (non-hydrogen) atoms. The molecule has 1 saturated heterocycles. The van der Waals surface area contributed by atoms with Crippen molar-refractivity contribution in [1.82, 2.24) is 9.97 Å². The van der Waals surface area contributed by atoms with Crippen LogP contribution in [0.3, 0.4) is 0 Å². The molecule has 0 radical (unpaired) electrons. The van der Waals surface area contributed by atoms with E-state index in [1.807, 2.05) is 12.3 Å². The first-order chi connectivity index (χ1) is 11.2. The first kappa shape index (κ1) is 15.8. The van der Waals surface area contributed by atoms with Crippen LogP contribution in [-0.4, -0.2) is 23.1 Å². The second-order valence-electron chi connectivity index (χ2n) is 6.50. The number of nitrogens with zero attached hydrogens (tertiary/aromatic N) is 3. The molecule has 4 nitrogen and oxygen atoms in total. The fraction of sp³-hybridized carbons (Fsp3) is 0.474. The Morgan fingerprint density at radius 2 is 2.00 bits per heavy atom. The zero-order valence-electron chi connectivity index (χ0n) is 14.3. The fourth-order valence-corrected chi connectivity index (χ4v) is 3.11. The van der Waals surface area contributed by atoms with Crippen LogP contribution < -0.4 is 10.2 Å². The molecule has 2 aromatic rings. The van der Waals surface area contributed by atoms with E-state index in [1.165, 1.54) is 29.7 Å². The smallest absolute Gasteiger partial charge is 0.227 e. The van der Waals surface area contributed by atoms with Gasteiger partial charge in [-0.05, 0) is 49.3 Å². The van der Waals surface area contributed by atoms with Gasteiger partial charge in [0.25, 0.3) is 0 Å². The highest BCUT2D eigenvalue weighted by molar-refractivity contribution is 5.65. The normalized spacial score (nSPS) is 15.7. The van der Waals surface area contributed by atoms with E-state index in [-0.39, 0.29) is 0 Å². The average Bonchev–Trinajstić information content (AvgIpc) is 2.57. The van der Waals surface area contributed by atoms with Crippen molar-refractivity contribution >= 4 is 17.5 Å². The fourth-order valence-electron chi connectivity index (χ4n) is 3.11. The average molecular weight is 310 g/mol. The van der Waals surface area contributed by atoms with E-state index in [2.05, 4.69) is 54.2 Å². The number of hydrogen-bond donors (Lipinski definition) is 1. The zero-order chi connectivity index (χ0) is 16.2.